The zero-order valence-electron chi connectivity index (χ0n) is 7.89. The molecule has 0 aliphatic rings. The van der Waals surface area contributed by atoms with Crippen LogP contribution in [0.2, 0.25) is 0 Å². The van der Waals surface area contributed by atoms with Crippen LogP contribution in [0.25, 0.3) is 0 Å². The Morgan fingerprint density at radius 2 is 2.14 bits per heavy atom. The first kappa shape index (κ1) is 14.0. The zero-order chi connectivity index (χ0) is 11.0. The molecule has 0 rings (SSSR count). The molecule has 3 N–H and O–H groups in total. The van der Waals surface area contributed by atoms with Crippen LogP contribution in [0.5, 0.6) is 0 Å². The Balaban J connectivity index is 3.60. The van der Waals surface area contributed by atoms with Crippen molar-refractivity contribution in [3.05, 3.63) is 0 Å². The van der Waals surface area contributed by atoms with E-state index in [4.69, 9.17) is 0 Å². The van der Waals surface area contributed by atoms with Gasteiger partial charge >= 0.3 is 11.8 Å². The van der Waals surface area contributed by atoms with Gasteiger partial charge in [-0.2, -0.15) is 32.3 Å². The number of hydrogen-bond donors (Lipinski definition) is 2. The molecule has 0 radical (unpaired) electrons. The van der Waals surface area contributed by atoms with E-state index in [0.29, 0.717) is 5.75 Å². The van der Waals surface area contributed by atoms with E-state index in [1.165, 1.54) is 5.43 Å². The summed E-state index contributed by atoms with van der Waals surface area (Å²) in [5, 5.41) is 0. The van der Waals surface area contributed by atoms with Crippen LogP contribution in [0.1, 0.15) is 6.42 Å². The number of amides is 1. The first-order valence-electron chi connectivity index (χ1n) is 4.00. The summed E-state index contributed by atoms with van der Waals surface area (Å²) >= 11 is 2.73. The summed E-state index contributed by atoms with van der Waals surface area (Å²) < 4.78 is 25.6. The van der Waals surface area contributed by atoms with Crippen molar-refractivity contribution in [2.45, 2.75) is 12.3 Å². The van der Waals surface area contributed by atoms with Crippen LogP contribution in [0.4, 0.5) is 8.78 Å². The third-order valence-corrected chi connectivity index (χ3v) is 3.22. The van der Waals surface area contributed by atoms with Crippen LogP contribution in [0.3, 0.4) is 0 Å². The molecule has 0 fully saturated rings. The van der Waals surface area contributed by atoms with Gasteiger partial charge in [0, 0.05) is 0 Å². The number of halogens is 2. The van der Waals surface area contributed by atoms with E-state index in [2.05, 4.69) is 5.84 Å². The fourth-order valence-corrected chi connectivity index (χ4v) is 2.17. The lowest BCUT2D eigenvalue weighted by Gasteiger charge is -2.13. The van der Waals surface area contributed by atoms with Gasteiger partial charge in [0.15, 0.2) is 0 Å². The molecule has 0 heterocycles. The molecule has 84 valence electrons. The number of thioether (sulfide) groups is 2. The van der Waals surface area contributed by atoms with E-state index < -0.39 is 17.6 Å². The fraction of sp³-hybridized carbons (Fsp3) is 0.857. The van der Waals surface area contributed by atoms with E-state index >= 15 is 0 Å². The van der Waals surface area contributed by atoms with Crippen molar-refractivity contribution in [1.82, 2.24) is 5.43 Å². The molecule has 0 bridgehead atoms. The first-order chi connectivity index (χ1) is 6.54. The monoisotopic (exact) mass is 244 g/mol. The number of alkyl halides is 2. The molecule has 0 atom stereocenters. The predicted molar refractivity (Wildman–Crippen MR) is 57.6 cm³/mol. The van der Waals surface area contributed by atoms with E-state index in [9.17, 15) is 13.6 Å². The van der Waals surface area contributed by atoms with Gasteiger partial charge in [-0.25, -0.2) is 5.84 Å². The lowest BCUT2D eigenvalue weighted by molar-refractivity contribution is -0.142. The van der Waals surface area contributed by atoms with E-state index in [0.717, 1.165) is 23.9 Å². The zero-order valence-corrected chi connectivity index (χ0v) is 9.52. The van der Waals surface area contributed by atoms with Gasteiger partial charge in [0.25, 0.3) is 0 Å². The van der Waals surface area contributed by atoms with E-state index in [-0.39, 0.29) is 0 Å². The molecule has 0 unspecified atom stereocenters. The molecule has 0 saturated heterocycles. The van der Waals surface area contributed by atoms with Crippen molar-refractivity contribution in [3.63, 3.8) is 0 Å². The number of carbonyl (C=O) groups excluding carboxylic acids is 1. The highest BCUT2D eigenvalue weighted by Crippen LogP contribution is 2.20. The van der Waals surface area contributed by atoms with Crippen LogP contribution in [-0.4, -0.2) is 35.3 Å². The van der Waals surface area contributed by atoms with Crippen molar-refractivity contribution in [1.29, 1.82) is 0 Å². The van der Waals surface area contributed by atoms with Gasteiger partial charge in [-0.3, -0.25) is 10.2 Å². The highest BCUT2D eigenvalue weighted by atomic mass is 32.2. The average Bonchev–Trinajstić information content (AvgIpc) is 2.16. The maximum absolute atomic E-state index is 12.8. The predicted octanol–water partition coefficient (Wildman–Crippen LogP) is 1.10. The highest BCUT2D eigenvalue weighted by Gasteiger charge is 2.37. The minimum atomic E-state index is -3.36. The van der Waals surface area contributed by atoms with Crippen molar-refractivity contribution < 1.29 is 13.6 Å². The van der Waals surface area contributed by atoms with Crippen LogP contribution in [-0.2, 0) is 4.79 Å². The second-order valence-electron chi connectivity index (χ2n) is 2.58. The molecule has 0 saturated carbocycles. The van der Waals surface area contributed by atoms with Gasteiger partial charge in [-0.05, 0) is 24.2 Å². The van der Waals surface area contributed by atoms with Crippen molar-refractivity contribution in [3.8, 4) is 0 Å². The maximum atomic E-state index is 12.8. The molecule has 0 aliphatic carbocycles. The molecule has 0 aromatic carbocycles. The van der Waals surface area contributed by atoms with Gasteiger partial charge in [0.05, 0.1) is 5.75 Å². The summed E-state index contributed by atoms with van der Waals surface area (Å²) in [6, 6.07) is 0. The summed E-state index contributed by atoms with van der Waals surface area (Å²) in [6.45, 7) is 0. The summed E-state index contributed by atoms with van der Waals surface area (Å²) in [5.74, 6) is 0.904. The number of nitrogens with two attached hydrogens (primary N) is 1. The van der Waals surface area contributed by atoms with Gasteiger partial charge in [-0.15, -0.1) is 0 Å². The number of nitrogens with one attached hydrogen (secondary N) is 1. The van der Waals surface area contributed by atoms with Crippen molar-refractivity contribution in [2.24, 2.45) is 5.84 Å². The summed E-state index contributed by atoms with van der Waals surface area (Å²) in [7, 11) is 0. The van der Waals surface area contributed by atoms with Crippen molar-refractivity contribution in [2.75, 3.05) is 23.5 Å². The van der Waals surface area contributed by atoms with Gasteiger partial charge in [0.2, 0.25) is 0 Å². The normalized spacial score (nSPS) is 11.4. The Morgan fingerprint density at radius 1 is 1.50 bits per heavy atom. The summed E-state index contributed by atoms with van der Waals surface area (Å²) in [6.07, 6.45) is 2.83. The Hall–Kier alpha value is -0.0100. The summed E-state index contributed by atoms with van der Waals surface area (Å²) in [4.78, 5) is 10.5. The highest BCUT2D eigenvalue weighted by molar-refractivity contribution is 7.99. The molecule has 14 heavy (non-hydrogen) atoms. The van der Waals surface area contributed by atoms with Crippen molar-refractivity contribution >= 4 is 29.4 Å². The van der Waals surface area contributed by atoms with Gasteiger partial charge < -0.3 is 0 Å². The molecular weight excluding hydrogens is 230 g/mol. The summed E-state index contributed by atoms with van der Waals surface area (Å²) in [5.41, 5.74) is 1.45. The first-order valence-corrected chi connectivity index (χ1v) is 6.55. The molecule has 7 heteroatoms. The fourth-order valence-electron chi connectivity index (χ4n) is 0.677. The Kier molecular flexibility index (Phi) is 7.30. The number of hydrogen-bond acceptors (Lipinski definition) is 4. The molecule has 1 amide bonds. The molecule has 0 aliphatic heterocycles. The van der Waals surface area contributed by atoms with Gasteiger partial charge in [0.1, 0.15) is 0 Å². The quantitative estimate of drug-likeness (QED) is 0.305. The minimum absolute atomic E-state index is 0.510. The Bertz CT molecular complexity index is 181. The number of carbonyl (C=O) groups is 1. The molecule has 3 nitrogen and oxygen atoms in total. The number of hydrazine groups is 1. The SMILES string of the molecule is CSCCCSCC(F)(F)C(=O)NN. The molecule has 0 aromatic heterocycles. The second kappa shape index (κ2) is 7.30. The number of rotatable bonds is 7. The van der Waals surface area contributed by atoms with Crippen LogP contribution < -0.4 is 11.3 Å². The van der Waals surface area contributed by atoms with Crippen LogP contribution >= 0.6 is 23.5 Å². The maximum Gasteiger partial charge on any atom is 0.334 e. The van der Waals surface area contributed by atoms with E-state index in [1.807, 2.05) is 6.26 Å². The smallest absolute Gasteiger partial charge is 0.289 e. The molecule has 0 aromatic rings. The van der Waals surface area contributed by atoms with E-state index in [1.54, 1.807) is 11.8 Å². The van der Waals surface area contributed by atoms with Crippen LogP contribution in [0, 0.1) is 0 Å². The molecule has 0 spiro atoms. The topological polar surface area (TPSA) is 55.1 Å². The van der Waals surface area contributed by atoms with Gasteiger partial charge in [-0.1, -0.05) is 0 Å². The lowest BCUT2D eigenvalue weighted by Crippen LogP contribution is -2.45. The lowest BCUT2D eigenvalue weighted by atomic mass is 10.4. The minimum Gasteiger partial charge on any atom is -0.289 e. The standard InChI is InChI=1S/C7H14F2N2OS2/c1-13-3-2-4-14-5-7(8,9)6(12)11-10/h2-5,10H2,1H3,(H,11,12). The average molecular weight is 244 g/mol. The third-order valence-electron chi connectivity index (χ3n) is 1.38. The third kappa shape index (κ3) is 5.66. The molecular formula is C7H14F2N2OS2. The van der Waals surface area contributed by atoms with Crippen LogP contribution in [0.15, 0.2) is 0 Å². The second-order valence-corrected chi connectivity index (χ2v) is 4.67. The Morgan fingerprint density at radius 3 is 2.64 bits per heavy atom. The largest absolute Gasteiger partial charge is 0.334 e. The Labute approximate surface area is 90.5 Å².